The molecule has 0 fully saturated rings. The molecular weight excluding hydrogens is 392 g/mol. The van der Waals surface area contributed by atoms with Crippen LogP contribution in [0, 0.1) is 0 Å². The molecule has 0 aliphatic carbocycles. The number of amides is 1. The van der Waals surface area contributed by atoms with Crippen LogP contribution < -0.4 is 14.8 Å². The van der Waals surface area contributed by atoms with Gasteiger partial charge in [-0.3, -0.25) is 4.79 Å². The highest BCUT2D eigenvalue weighted by atomic mass is 32.2. The molecule has 150 valence electrons. The number of ether oxygens (including phenoxy) is 1. The molecule has 0 radical (unpaired) electrons. The Morgan fingerprint density at radius 1 is 1.07 bits per heavy atom. The van der Waals surface area contributed by atoms with Crippen LogP contribution in [0.5, 0.6) is 5.75 Å². The summed E-state index contributed by atoms with van der Waals surface area (Å²) in [6, 6.07) is 18.4. The first-order valence-electron chi connectivity index (χ1n) is 8.73. The summed E-state index contributed by atoms with van der Waals surface area (Å²) in [7, 11) is -2.07. The number of hydrogen-bond acceptors (Lipinski definition) is 5. The van der Waals surface area contributed by atoms with Crippen LogP contribution in [-0.4, -0.2) is 21.4 Å². The van der Waals surface area contributed by atoms with E-state index in [-0.39, 0.29) is 17.3 Å². The smallest absolute Gasteiger partial charge is 0.248 e. The van der Waals surface area contributed by atoms with Crippen molar-refractivity contribution in [3.8, 4) is 5.75 Å². The number of benzene rings is 2. The zero-order valence-electron chi connectivity index (χ0n) is 15.7. The van der Waals surface area contributed by atoms with Crippen LogP contribution in [-0.2, 0) is 21.4 Å². The molecule has 0 bridgehead atoms. The molecular formula is C21H20N2O5S. The highest BCUT2D eigenvalue weighted by Crippen LogP contribution is 2.17. The average Bonchev–Trinajstić information content (AvgIpc) is 3.20. The highest BCUT2D eigenvalue weighted by molar-refractivity contribution is 7.89. The summed E-state index contributed by atoms with van der Waals surface area (Å²) in [5, 5.41) is 2.72. The minimum Gasteiger partial charge on any atom is -0.497 e. The Hall–Kier alpha value is -3.36. The Balaban J connectivity index is 1.56. The van der Waals surface area contributed by atoms with E-state index in [4.69, 9.17) is 9.15 Å². The van der Waals surface area contributed by atoms with Gasteiger partial charge in [-0.15, -0.1) is 0 Å². The van der Waals surface area contributed by atoms with Crippen molar-refractivity contribution >= 4 is 27.7 Å². The molecule has 29 heavy (non-hydrogen) atoms. The van der Waals surface area contributed by atoms with Crippen LogP contribution in [0.25, 0.3) is 6.08 Å². The van der Waals surface area contributed by atoms with E-state index in [1.807, 2.05) is 0 Å². The van der Waals surface area contributed by atoms with Crippen LogP contribution in [0.4, 0.5) is 5.69 Å². The number of carbonyl (C=O) groups excluding carboxylic acids is 1. The van der Waals surface area contributed by atoms with Gasteiger partial charge in [-0.25, -0.2) is 13.1 Å². The fourth-order valence-corrected chi connectivity index (χ4v) is 3.49. The number of methoxy groups -OCH3 is 1. The Kier molecular flexibility index (Phi) is 6.48. The zero-order valence-corrected chi connectivity index (χ0v) is 16.5. The maximum absolute atomic E-state index is 12.2. The quantitative estimate of drug-likeness (QED) is 0.553. The van der Waals surface area contributed by atoms with Crippen molar-refractivity contribution in [1.29, 1.82) is 0 Å². The number of anilines is 1. The Bertz CT molecular complexity index is 1100. The normalized spacial score (nSPS) is 11.5. The lowest BCUT2D eigenvalue weighted by molar-refractivity contribution is -0.111. The lowest BCUT2D eigenvalue weighted by Crippen LogP contribution is -2.22. The van der Waals surface area contributed by atoms with E-state index < -0.39 is 10.0 Å². The first-order chi connectivity index (χ1) is 14.0. The summed E-state index contributed by atoms with van der Waals surface area (Å²) in [4.78, 5) is 12.2. The summed E-state index contributed by atoms with van der Waals surface area (Å²) in [5.74, 6) is 1.17. The molecule has 0 saturated heterocycles. The molecule has 7 nitrogen and oxygen atoms in total. The third-order valence-corrected chi connectivity index (χ3v) is 5.33. The van der Waals surface area contributed by atoms with E-state index in [9.17, 15) is 13.2 Å². The summed E-state index contributed by atoms with van der Waals surface area (Å²) >= 11 is 0. The molecule has 1 aromatic heterocycles. The molecule has 0 aliphatic rings. The third kappa shape index (κ3) is 5.81. The number of hydrogen-bond donors (Lipinski definition) is 2. The zero-order chi connectivity index (χ0) is 20.7. The first-order valence-corrected chi connectivity index (χ1v) is 10.2. The van der Waals surface area contributed by atoms with Gasteiger partial charge in [0, 0.05) is 17.8 Å². The maximum Gasteiger partial charge on any atom is 0.248 e. The second kappa shape index (κ2) is 9.22. The van der Waals surface area contributed by atoms with E-state index in [2.05, 4.69) is 10.0 Å². The van der Waals surface area contributed by atoms with E-state index in [1.165, 1.54) is 24.3 Å². The minimum atomic E-state index is -3.62. The largest absolute Gasteiger partial charge is 0.497 e. The van der Waals surface area contributed by atoms with Crippen LogP contribution in [0.15, 0.2) is 82.1 Å². The summed E-state index contributed by atoms with van der Waals surface area (Å²) < 4.78 is 37.6. The van der Waals surface area contributed by atoms with Gasteiger partial charge in [-0.1, -0.05) is 24.3 Å². The molecule has 0 atom stereocenters. The molecule has 2 aromatic carbocycles. The van der Waals surface area contributed by atoms with Crippen molar-refractivity contribution in [1.82, 2.24) is 4.72 Å². The van der Waals surface area contributed by atoms with Gasteiger partial charge in [-0.2, -0.15) is 0 Å². The van der Waals surface area contributed by atoms with Crippen LogP contribution in [0.1, 0.15) is 11.5 Å². The molecule has 1 amide bonds. The van der Waals surface area contributed by atoms with Crippen molar-refractivity contribution in [3.05, 3.63) is 84.3 Å². The molecule has 3 aromatic rings. The fraction of sp³-hybridized carbons (Fsp3) is 0.0952. The van der Waals surface area contributed by atoms with Crippen molar-refractivity contribution in [2.45, 2.75) is 11.4 Å². The van der Waals surface area contributed by atoms with Gasteiger partial charge < -0.3 is 14.5 Å². The minimum absolute atomic E-state index is 0.00107. The van der Waals surface area contributed by atoms with E-state index in [1.54, 1.807) is 61.7 Å². The lowest BCUT2D eigenvalue weighted by atomic mass is 10.3. The number of sulfonamides is 1. The highest BCUT2D eigenvalue weighted by Gasteiger charge is 2.13. The van der Waals surface area contributed by atoms with Crippen molar-refractivity contribution in [3.63, 3.8) is 0 Å². The Morgan fingerprint density at radius 3 is 2.62 bits per heavy atom. The van der Waals surface area contributed by atoms with Gasteiger partial charge in [-0.05, 0) is 42.5 Å². The number of furan rings is 1. The van der Waals surface area contributed by atoms with Gasteiger partial charge in [0.25, 0.3) is 0 Å². The molecule has 0 unspecified atom stereocenters. The standard InChI is InChI=1S/C21H20N2O5S/c1-27-18-7-5-6-16(14-18)23-21(24)13-12-17-10-11-19(28-17)15-22-29(25,26)20-8-3-2-4-9-20/h2-14,22H,15H2,1H3,(H,23,24)/b13-12+. The predicted molar refractivity (Wildman–Crippen MR) is 110 cm³/mol. The summed E-state index contributed by atoms with van der Waals surface area (Å²) in [5.41, 5.74) is 0.606. The number of rotatable bonds is 8. The van der Waals surface area contributed by atoms with Gasteiger partial charge in [0.2, 0.25) is 15.9 Å². The van der Waals surface area contributed by atoms with Crippen LogP contribution >= 0.6 is 0 Å². The Labute approximate surface area is 169 Å². The average molecular weight is 412 g/mol. The summed E-state index contributed by atoms with van der Waals surface area (Å²) in [6.07, 6.45) is 2.83. The fourth-order valence-electron chi connectivity index (χ4n) is 2.47. The predicted octanol–water partition coefficient (Wildman–Crippen LogP) is 3.42. The molecule has 0 spiro atoms. The van der Waals surface area contributed by atoms with E-state index >= 15 is 0 Å². The van der Waals surface area contributed by atoms with Gasteiger partial charge in [0.1, 0.15) is 17.3 Å². The monoisotopic (exact) mass is 412 g/mol. The lowest BCUT2D eigenvalue weighted by Gasteiger charge is -2.05. The molecule has 1 heterocycles. The van der Waals surface area contributed by atoms with Gasteiger partial charge in [0.05, 0.1) is 18.6 Å². The van der Waals surface area contributed by atoms with Crippen molar-refractivity contribution < 1.29 is 22.4 Å². The molecule has 2 N–H and O–H groups in total. The van der Waals surface area contributed by atoms with Gasteiger partial charge in [0.15, 0.2) is 0 Å². The molecule has 0 aliphatic heterocycles. The maximum atomic E-state index is 12.2. The SMILES string of the molecule is COc1cccc(NC(=O)/C=C/c2ccc(CNS(=O)(=O)c3ccccc3)o2)c1. The molecule has 3 rings (SSSR count). The van der Waals surface area contributed by atoms with Crippen LogP contribution in [0.2, 0.25) is 0 Å². The third-order valence-electron chi connectivity index (χ3n) is 3.91. The van der Waals surface area contributed by atoms with Crippen molar-refractivity contribution in [2.24, 2.45) is 0 Å². The number of carbonyl (C=O) groups is 1. The topological polar surface area (TPSA) is 97.6 Å². The first kappa shape index (κ1) is 20.4. The Morgan fingerprint density at radius 2 is 1.86 bits per heavy atom. The molecule has 8 heteroatoms. The van der Waals surface area contributed by atoms with Crippen LogP contribution in [0.3, 0.4) is 0 Å². The molecule has 0 saturated carbocycles. The second-order valence-corrected chi connectivity index (χ2v) is 7.76. The van der Waals surface area contributed by atoms with E-state index in [0.717, 1.165) is 0 Å². The summed E-state index contributed by atoms with van der Waals surface area (Å²) in [6.45, 7) is 0.00107. The van der Waals surface area contributed by atoms with Crippen molar-refractivity contribution in [2.75, 3.05) is 12.4 Å². The van der Waals surface area contributed by atoms with E-state index in [0.29, 0.717) is 23.0 Å². The second-order valence-electron chi connectivity index (χ2n) is 6.00. The van der Waals surface area contributed by atoms with Gasteiger partial charge >= 0.3 is 0 Å². The number of nitrogens with one attached hydrogen (secondary N) is 2.